The molecule has 0 bridgehead atoms. The van der Waals surface area contributed by atoms with Gasteiger partial charge >= 0.3 is 6.18 Å². The van der Waals surface area contributed by atoms with Crippen LogP contribution in [-0.2, 0) is 22.3 Å². The SMILES string of the molecule is CC1NC(=O)CN(Cc2ccc(C(F)(F)F)cc2)C1=O. The van der Waals surface area contributed by atoms with Crippen LogP contribution in [0.15, 0.2) is 24.3 Å². The number of halogens is 3. The number of benzene rings is 1. The van der Waals surface area contributed by atoms with Crippen molar-refractivity contribution in [3.8, 4) is 0 Å². The fraction of sp³-hybridized carbons (Fsp3) is 0.385. The van der Waals surface area contributed by atoms with Gasteiger partial charge < -0.3 is 10.2 Å². The number of piperazine rings is 1. The molecule has 1 heterocycles. The van der Waals surface area contributed by atoms with Crippen LogP contribution in [0.25, 0.3) is 0 Å². The molecule has 1 N–H and O–H groups in total. The lowest BCUT2D eigenvalue weighted by atomic mass is 10.1. The number of carbonyl (C=O) groups excluding carboxylic acids is 2. The van der Waals surface area contributed by atoms with Gasteiger partial charge in [-0.05, 0) is 24.6 Å². The number of amides is 2. The summed E-state index contributed by atoms with van der Waals surface area (Å²) in [5.74, 6) is -0.520. The number of rotatable bonds is 2. The molecule has 1 aromatic carbocycles. The summed E-state index contributed by atoms with van der Waals surface area (Å²) < 4.78 is 37.3. The number of hydrogen-bond donors (Lipinski definition) is 1. The Labute approximate surface area is 113 Å². The molecule has 20 heavy (non-hydrogen) atoms. The quantitative estimate of drug-likeness (QED) is 0.897. The molecule has 0 radical (unpaired) electrons. The predicted molar refractivity (Wildman–Crippen MR) is 64.5 cm³/mol. The van der Waals surface area contributed by atoms with E-state index < -0.39 is 17.8 Å². The van der Waals surface area contributed by atoms with Crippen molar-refractivity contribution in [2.24, 2.45) is 0 Å². The van der Waals surface area contributed by atoms with Crippen molar-refractivity contribution in [3.63, 3.8) is 0 Å². The van der Waals surface area contributed by atoms with Crippen LogP contribution in [-0.4, -0.2) is 29.3 Å². The first-order valence-electron chi connectivity index (χ1n) is 6.01. The van der Waals surface area contributed by atoms with E-state index in [1.165, 1.54) is 17.0 Å². The Kier molecular flexibility index (Phi) is 3.69. The van der Waals surface area contributed by atoms with Gasteiger partial charge in [0.1, 0.15) is 6.04 Å². The van der Waals surface area contributed by atoms with Gasteiger partial charge in [0.2, 0.25) is 11.8 Å². The lowest BCUT2D eigenvalue weighted by molar-refractivity contribution is -0.144. The maximum absolute atomic E-state index is 12.4. The normalized spacial score (nSPS) is 20.0. The van der Waals surface area contributed by atoms with Gasteiger partial charge in [0.25, 0.3) is 0 Å². The molecule has 0 spiro atoms. The van der Waals surface area contributed by atoms with Crippen molar-refractivity contribution < 1.29 is 22.8 Å². The second-order valence-corrected chi connectivity index (χ2v) is 4.68. The van der Waals surface area contributed by atoms with E-state index in [0.717, 1.165) is 12.1 Å². The van der Waals surface area contributed by atoms with Crippen LogP contribution in [0.2, 0.25) is 0 Å². The molecule has 108 valence electrons. The van der Waals surface area contributed by atoms with E-state index in [4.69, 9.17) is 0 Å². The third kappa shape index (κ3) is 3.09. The van der Waals surface area contributed by atoms with Gasteiger partial charge in [-0.3, -0.25) is 9.59 Å². The Balaban J connectivity index is 2.10. The van der Waals surface area contributed by atoms with E-state index in [-0.39, 0.29) is 24.9 Å². The Hall–Kier alpha value is -2.05. The Morgan fingerprint density at radius 3 is 2.40 bits per heavy atom. The molecule has 1 aliphatic heterocycles. The highest BCUT2D eigenvalue weighted by Gasteiger charge is 2.31. The lowest BCUT2D eigenvalue weighted by Gasteiger charge is -2.30. The summed E-state index contributed by atoms with van der Waals surface area (Å²) in [5, 5.41) is 2.49. The van der Waals surface area contributed by atoms with Crippen LogP contribution in [0.4, 0.5) is 13.2 Å². The highest BCUT2D eigenvalue weighted by Crippen LogP contribution is 2.29. The van der Waals surface area contributed by atoms with Gasteiger partial charge in [-0.25, -0.2) is 0 Å². The molecule has 1 aromatic rings. The van der Waals surface area contributed by atoms with E-state index in [1.54, 1.807) is 6.92 Å². The predicted octanol–water partition coefficient (Wildman–Crippen LogP) is 1.55. The van der Waals surface area contributed by atoms with Crippen LogP contribution in [0.1, 0.15) is 18.1 Å². The molecule has 4 nitrogen and oxygen atoms in total. The first-order valence-corrected chi connectivity index (χ1v) is 6.01. The van der Waals surface area contributed by atoms with Crippen LogP contribution in [0, 0.1) is 0 Å². The second kappa shape index (κ2) is 5.15. The average molecular weight is 286 g/mol. The highest BCUT2D eigenvalue weighted by molar-refractivity contribution is 5.94. The van der Waals surface area contributed by atoms with Gasteiger partial charge in [-0.15, -0.1) is 0 Å². The minimum absolute atomic E-state index is 0.0792. The zero-order chi connectivity index (χ0) is 14.9. The molecule has 0 aliphatic carbocycles. The molecule has 1 unspecified atom stereocenters. The minimum Gasteiger partial charge on any atom is -0.343 e. The van der Waals surface area contributed by atoms with Crippen LogP contribution in [0.5, 0.6) is 0 Å². The van der Waals surface area contributed by atoms with Gasteiger partial charge in [0.15, 0.2) is 0 Å². The number of carbonyl (C=O) groups is 2. The molecule has 1 saturated heterocycles. The largest absolute Gasteiger partial charge is 0.416 e. The lowest BCUT2D eigenvalue weighted by Crippen LogP contribution is -2.56. The monoisotopic (exact) mass is 286 g/mol. The summed E-state index contributed by atoms with van der Waals surface area (Å²) >= 11 is 0. The maximum atomic E-state index is 12.4. The highest BCUT2D eigenvalue weighted by atomic mass is 19.4. The summed E-state index contributed by atoms with van der Waals surface area (Å²) in [7, 11) is 0. The van der Waals surface area contributed by atoms with Crippen molar-refractivity contribution in [1.29, 1.82) is 0 Å². The topological polar surface area (TPSA) is 49.4 Å². The minimum atomic E-state index is -4.38. The summed E-state index contributed by atoms with van der Waals surface area (Å²) in [6.07, 6.45) is -4.38. The zero-order valence-electron chi connectivity index (χ0n) is 10.7. The van der Waals surface area contributed by atoms with Crippen molar-refractivity contribution in [1.82, 2.24) is 10.2 Å². The molecule has 2 rings (SSSR count). The molecule has 0 aromatic heterocycles. The molecule has 7 heteroatoms. The van der Waals surface area contributed by atoms with E-state index >= 15 is 0 Å². The molecular weight excluding hydrogens is 273 g/mol. The van der Waals surface area contributed by atoms with Crippen LogP contribution >= 0.6 is 0 Å². The summed E-state index contributed by atoms with van der Waals surface area (Å²) in [5.41, 5.74) is -0.189. The molecule has 1 fully saturated rings. The first kappa shape index (κ1) is 14.4. The smallest absolute Gasteiger partial charge is 0.343 e. The third-order valence-corrected chi connectivity index (χ3v) is 3.05. The molecular formula is C13H13F3N2O2. The third-order valence-electron chi connectivity index (χ3n) is 3.05. The molecule has 1 atom stereocenters. The van der Waals surface area contributed by atoms with Crippen molar-refractivity contribution >= 4 is 11.8 Å². The van der Waals surface area contributed by atoms with Crippen LogP contribution < -0.4 is 5.32 Å². The Morgan fingerprint density at radius 2 is 1.85 bits per heavy atom. The Morgan fingerprint density at radius 1 is 1.25 bits per heavy atom. The molecule has 1 aliphatic rings. The number of nitrogens with one attached hydrogen (secondary N) is 1. The summed E-state index contributed by atoms with van der Waals surface area (Å²) in [4.78, 5) is 24.5. The fourth-order valence-electron chi connectivity index (χ4n) is 2.03. The standard InChI is InChI=1S/C13H13F3N2O2/c1-8-12(20)18(7-11(19)17-8)6-9-2-4-10(5-3-9)13(14,15)16/h2-5,8H,6-7H2,1H3,(H,17,19). The molecule has 0 saturated carbocycles. The van der Waals surface area contributed by atoms with Gasteiger partial charge in [0, 0.05) is 6.54 Å². The first-order chi connectivity index (χ1) is 9.27. The van der Waals surface area contributed by atoms with Crippen molar-refractivity contribution in [2.75, 3.05) is 6.54 Å². The van der Waals surface area contributed by atoms with E-state index in [0.29, 0.717) is 5.56 Å². The van der Waals surface area contributed by atoms with E-state index in [1.807, 2.05) is 0 Å². The van der Waals surface area contributed by atoms with Gasteiger partial charge in [-0.2, -0.15) is 13.2 Å². The van der Waals surface area contributed by atoms with E-state index in [2.05, 4.69) is 5.32 Å². The van der Waals surface area contributed by atoms with Gasteiger partial charge in [-0.1, -0.05) is 12.1 Å². The van der Waals surface area contributed by atoms with Gasteiger partial charge in [0.05, 0.1) is 12.1 Å². The maximum Gasteiger partial charge on any atom is 0.416 e. The Bertz CT molecular complexity index is 525. The van der Waals surface area contributed by atoms with E-state index in [9.17, 15) is 22.8 Å². The number of hydrogen-bond acceptors (Lipinski definition) is 2. The van der Waals surface area contributed by atoms with Crippen molar-refractivity contribution in [2.45, 2.75) is 25.7 Å². The number of nitrogens with zero attached hydrogens (tertiary/aromatic N) is 1. The van der Waals surface area contributed by atoms with Crippen molar-refractivity contribution in [3.05, 3.63) is 35.4 Å². The zero-order valence-corrected chi connectivity index (χ0v) is 10.7. The number of alkyl halides is 3. The average Bonchev–Trinajstić information content (AvgIpc) is 2.35. The second-order valence-electron chi connectivity index (χ2n) is 4.68. The fourth-order valence-corrected chi connectivity index (χ4v) is 2.03. The van der Waals surface area contributed by atoms with Crippen LogP contribution in [0.3, 0.4) is 0 Å². The summed E-state index contributed by atoms with van der Waals surface area (Å²) in [6, 6.07) is 3.95. The molecule has 2 amide bonds. The summed E-state index contributed by atoms with van der Waals surface area (Å²) in [6.45, 7) is 1.61.